The van der Waals surface area contributed by atoms with Gasteiger partial charge < -0.3 is 14.7 Å². The van der Waals surface area contributed by atoms with Crippen LogP contribution in [0.4, 0.5) is 0 Å². The van der Waals surface area contributed by atoms with Gasteiger partial charge in [-0.3, -0.25) is 14.7 Å². The van der Waals surface area contributed by atoms with E-state index in [0.717, 1.165) is 24.9 Å². The van der Waals surface area contributed by atoms with Crippen LogP contribution in [0.5, 0.6) is 5.88 Å². The summed E-state index contributed by atoms with van der Waals surface area (Å²) in [4.78, 5) is 26.2. The standard InChI is InChI=1S/C29H38N4O3/c1-21-17-33(22(2)20-34)29(35)26-15-25(10-9-23-7-5-4-6-8-23)16-31-28(26)36-27(21)19-32(3)18-24-11-13-30-14-12-24/h11-16,21-23,27,34H,4-8,17-20H2,1-3H3/t21-,22-,27+/m1/s1. The molecule has 0 unspecified atom stereocenters. The largest absolute Gasteiger partial charge is 0.472 e. The fourth-order valence-corrected chi connectivity index (χ4v) is 4.99. The van der Waals surface area contributed by atoms with Gasteiger partial charge in [-0.05, 0) is 50.6 Å². The van der Waals surface area contributed by atoms with Gasteiger partial charge in [0.2, 0.25) is 5.88 Å². The minimum absolute atomic E-state index is 0.0450. The summed E-state index contributed by atoms with van der Waals surface area (Å²) in [6.45, 7) is 5.79. The number of ether oxygens (including phenoxy) is 1. The minimum atomic E-state index is -0.307. The molecule has 3 heterocycles. The van der Waals surface area contributed by atoms with Gasteiger partial charge in [0.1, 0.15) is 11.7 Å². The first-order valence-electron chi connectivity index (χ1n) is 13.1. The monoisotopic (exact) mass is 490 g/mol. The summed E-state index contributed by atoms with van der Waals surface area (Å²) in [6.07, 6.45) is 11.2. The summed E-state index contributed by atoms with van der Waals surface area (Å²) >= 11 is 0. The molecule has 2 aliphatic rings. The number of aliphatic hydroxyl groups is 1. The van der Waals surface area contributed by atoms with E-state index in [1.54, 1.807) is 23.5 Å². The van der Waals surface area contributed by atoms with Crippen molar-refractivity contribution in [3.63, 3.8) is 0 Å². The maximum Gasteiger partial charge on any atom is 0.259 e. The van der Waals surface area contributed by atoms with Crippen LogP contribution in [0, 0.1) is 23.7 Å². The van der Waals surface area contributed by atoms with Gasteiger partial charge in [-0.1, -0.05) is 38.0 Å². The molecule has 1 aliphatic carbocycles. The van der Waals surface area contributed by atoms with Crippen LogP contribution in [-0.2, 0) is 6.54 Å². The van der Waals surface area contributed by atoms with Crippen molar-refractivity contribution in [1.82, 2.24) is 19.8 Å². The zero-order valence-corrected chi connectivity index (χ0v) is 21.7. The summed E-state index contributed by atoms with van der Waals surface area (Å²) in [5.41, 5.74) is 2.32. The van der Waals surface area contributed by atoms with Crippen LogP contribution in [0.15, 0.2) is 36.8 Å². The van der Waals surface area contributed by atoms with Gasteiger partial charge in [-0.25, -0.2) is 4.98 Å². The minimum Gasteiger partial charge on any atom is -0.472 e. The van der Waals surface area contributed by atoms with Gasteiger partial charge in [0.15, 0.2) is 0 Å². The van der Waals surface area contributed by atoms with E-state index in [9.17, 15) is 9.90 Å². The van der Waals surface area contributed by atoms with E-state index in [1.807, 2.05) is 25.1 Å². The summed E-state index contributed by atoms with van der Waals surface area (Å²) in [7, 11) is 2.06. The molecule has 2 aromatic heterocycles. The second kappa shape index (κ2) is 12.3. The third-order valence-electron chi connectivity index (χ3n) is 7.24. The van der Waals surface area contributed by atoms with Crippen molar-refractivity contribution in [3.8, 4) is 17.7 Å². The van der Waals surface area contributed by atoms with Gasteiger partial charge in [0, 0.05) is 55.6 Å². The Morgan fingerprint density at radius 1 is 1.25 bits per heavy atom. The number of hydrogen-bond acceptors (Lipinski definition) is 6. The van der Waals surface area contributed by atoms with Crippen molar-refractivity contribution in [2.24, 2.45) is 11.8 Å². The van der Waals surface area contributed by atoms with E-state index in [-0.39, 0.29) is 30.6 Å². The smallest absolute Gasteiger partial charge is 0.259 e. The highest BCUT2D eigenvalue weighted by atomic mass is 16.5. The molecule has 7 heteroatoms. The van der Waals surface area contributed by atoms with E-state index in [2.05, 4.69) is 40.7 Å². The van der Waals surface area contributed by atoms with Crippen LogP contribution >= 0.6 is 0 Å². The van der Waals surface area contributed by atoms with Gasteiger partial charge in [-0.2, -0.15) is 0 Å². The van der Waals surface area contributed by atoms with Crippen molar-refractivity contribution in [3.05, 3.63) is 53.5 Å². The molecule has 3 atom stereocenters. The molecule has 0 radical (unpaired) electrons. The molecule has 1 aliphatic heterocycles. The quantitative estimate of drug-likeness (QED) is 0.622. The fourth-order valence-electron chi connectivity index (χ4n) is 4.99. The normalized spacial score (nSPS) is 21.6. The van der Waals surface area contributed by atoms with Crippen molar-refractivity contribution in [2.45, 2.75) is 64.6 Å². The molecule has 1 N–H and O–H groups in total. The summed E-state index contributed by atoms with van der Waals surface area (Å²) in [6, 6.07) is 5.52. The number of amides is 1. The number of hydrogen-bond donors (Lipinski definition) is 1. The fraction of sp³-hybridized carbons (Fsp3) is 0.552. The number of carbonyl (C=O) groups excluding carboxylic acids is 1. The highest BCUT2D eigenvalue weighted by molar-refractivity contribution is 5.97. The van der Waals surface area contributed by atoms with E-state index >= 15 is 0 Å². The van der Waals surface area contributed by atoms with Crippen molar-refractivity contribution in [2.75, 3.05) is 26.7 Å². The van der Waals surface area contributed by atoms with Crippen LogP contribution in [0.2, 0.25) is 0 Å². The molecule has 192 valence electrons. The number of aliphatic hydroxyl groups excluding tert-OH is 1. The number of nitrogens with zero attached hydrogens (tertiary/aromatic N) is 4. The Kier molecular flexibility index (Phi) is 8.95. The van der Waals surface area contributed by atoms with Crippen molar-refractivity contribution < 1.29 is 14.6 Å². The van der Waals surface area contributed by atoms with Gasteiger partial charge >= 0.3 is 0 Å². The maximum atomic E-state index is 13.6. The summed E-state index contributed by atoms with van der Waals surface area (Å²) in [5, 5.41) is 9.88. The molecule has 7 nitrogen and oxygen atoms in total. The average Bonchev–Trinajstić information content (AvgIpc) is 2.90. The molecule has 4 rings (SSSR count). The zero-order valence-electron chi connectivity index (χ0n) is 21.7. The SMILES string of the molecule is C[C@@H]1CN([C@H](C)CO)C(=O)c2cc(C#CC3CCCCC3)cnc2O[C@H]1CN(C)Cc1ccncc1. The Bertz CT molecular complexity index is 1070. The first-order valence-corrected chi connectivity index (χ1v) is 13.1. The maximum absolute atomic E-state index is 13.6. The van der Waals surface area contributed by atoms with Crippen molar-refractivity contribution in [1.29, 1.82) is 0 Å². The van der Waals surface area contributed by atoms with Crippen molar-refractivity contribution >= 4 is 5.91 Å². The molecule has 1 fully saturated rings. The third-order valence-corrected chi connectivity index (χ3v) is 7.24. The molecule has 0 aromatic carbocycles. The van der Waals surface area contributed by atoms with E-state index < -0.39 is 0 Å². The zero-order chi connectivity index (χ0) is 25.5. The molecule has 2 aromatic rings. The van der Waals surface area contributed by atoms with Crippen LogP contribution in [-0.4, -0.2) is 69.7 Å². The Morgan fingerprint density at radius 2 is 2.00 bits per heavy atom. The lowest BCUT2D eigenvalue weighted by Gasteiger charge is -2.37. The van der Waals surface area contributed by atoms with Crippen LogP contribution in [0.1, 0.15) is 67.4 Å². The number of carbonyl (C=O) groups is 1. The molecular weight excluding hydrogens is 452 g/mol. The van der Waals surface area contributed by atoms with Gasteiger partial charge in [-0.15, -0.1) is 0 Å². The van der Waals surface area contributed by atoms with E-state index in [1.165, 1.54) is 24.8 Å². The Balaban J connectivity index is 1.59. The number of rotatable bonds is 6. The Labute approximate surface area is 214 Å². The predicted octanol–water partition coefficient (Wildman–Crippen LogP) is 3.76. The first-order chi connectivity index (χ1) is 17.4. The van der Waals surface area contributed by atoms with Gasteiger partial charge in [0.25, 0.3) is 5.91 Å². The topological polar surface area (TPSA) is 78.8 Å². The van der Waals surface area contributed by atoms with E-state index in [0.29, 0.717) is 30.5 Å². The Hall–Kier alpha value is -2.95. The number of likely N-dealkylation sites (N-methyl/N-ethyl adjacent to an activating group) is 1. The van der Waals surface area contributed by atoms with Crippen LogP contribution in [0.3, 0.4) is 0 Å². The predicted molar refractivity (Wildman–Crippen MR) is 139 cm³/mol. The molecule has 0 bridgehead atoms. The summed E-state index contributed by atoms with van der Waals surface area (Å²) < 4.78 is 6.42. The summed E-state index contributed by atoms with van der Waals surface area (Å²) in [5.74, 6) is 7.28. The molecule has 1 saturated carbocycles. The van der Waals surface area contributed by atoms with Gasteiger partial charge in [0.05, 0.1) is 12.6 Å². The average molecular weight is 491 g/mol. The third kappa shape index (κ3) is 6.63. The van der Waals surface area contributed by atoms with E-state index in [4.69, 9.17) is 4.74 Å². The first kappa shape index (κ1) is 26.1. The lowest BCUT2D eigenvalue weighted by Crippen LogP contribution is -2.49. The second-order valence-electron chi connectivity index (χ2n) is 10.4. The molecular formula is C29H38N4O3. The highest BCUT2D eigenvalue weighted by Gasteiger charge is 2.34. The number of fused-ring (bicyclic) bond motifs is 1. The molecule has 0 saturated heterocycles. The Morgan fingerprint density at radius 3 is 2.72 bits per heavy atom. The lowest BCUT2D eigenvalue weighted by molar-refractivity contribution is 0.0325. The lowest BCUT2D eigenvalue weighted by atomic mass is 9.90. The second-order valence-corrected chi connectivity index (χ2v) is 10.4. The molecule has 36 heavy (non-hydrogen) atoms. The van der Waals surface area contributed by atoms with Crippen LogP contribution < -0.4 is 4.74 Å². The number of pyridine rings is 2. The molecule has 1 amide bonds. The van der Waals surface area contributed by atoms with Crippen LogP contribution in [0.25, 0.3) is 0 Å². The highest BCUT2D eigenvalue weighted by Crippen LogP contribution is 2.28. The molecule has 0 spiro atoms. The number of aromatic nitrogens is 2.